The summed E-state index contributed by atoms with van der Waals surface area (Å²) in [6, 6.07) is 8.47. The third-order valence-electron chi connectivity index (χ3n) is 4.33. The van der Waals surface area contributed by atoms with E-state index in [-0.39, 0.29) is 12.6 Å². The minimum absolute atomic E-state index is 0.276. The van der Waals surface area contributed by atoms with Crippen molar-refractivity contribution in [2.45, 2.75) is 77.4 Å². The molecule has 0 aliphatic carbocycles. The highest BCUT2D eigenvalue weighted by molar-refractivity contribution is 5.76. The van der Waals surface area contributed by atoms with Gasteiger partial charge in [0, 0.05) is 6.42 Å². The zero-order valence-corrected chi connectivity index (χ0v) is 16.2. The monoisotopic (exact) mass is 364 g/mol. The molecular formula is C21H34NO4+. The van der Waals surface area contributed by atoms with E-state index in [0.717, 1.165) is 24.8 Å². The van der Waals surface area contributed by atoms with Gasteiger partial charge in [-0.15, -0.1) is 0 Å². The summed E-state index contributed by atoms with van der Waals surface area (Å²) in [6.45, 7) is 4.22. The second-order valence-corrected chi connectivity index (χ2v) is 6.55. The summed E-state index contributed by atoms with van der Waals surface area (Å²) in [6.07, 6.45) is 7.64. The number of ether oxygens (including phenoxy) is 2. The summed E-state index contributed by atoms with van der Waals surface area (Å²) in [4.78, 5) is 24.3. The molecule has 2 unspecified atom stereocenters. The quantitative estimate of drug-likeness (QED) is 0.428. The lowest BCUT2D eigenvalue weighted by Gasteiger charge is -2.21. The Bertz CT molecular complexity index is 518. The number of esters is 2. The Morgan fingerprint density at radius 1 is 0.962 bits per heavy atom. The fourth-order valence-electron chi connectivity index (χ4n) is 2.83. The minimum atomic E-state index is -0.782. The Morgan fingerprint density at radius 2 is 1.58 bits per heavy atom. The standard InChI is InChI=1S/C21H33NO4/c1-3-5-6-7-8-9-13-16-18(23)26-20(17-14-11-10-12-15-17)19(22)21(24)25-4-2/h10-12,14-15,19-20H,3-9,13,16,22H2,1-2H3/p+1. The number of unbranched alkanes of at least 4 members (excludes halogenated alkanes) is 6. The van der Waals surface area contributed by atoms with Gasteiger partial charge in [-0.25, -0.2) is 4.79 Å². The van der Waals surface area contributed by atoms with Crippen LogP contribution >= 0.6 is 0 Å². The van der Waals surface area contributed by atoms with Crippen LogP contribution < -0.4 is 5.73 Å². The van der Waals surface area contributed by atoms with E-state index in [9.17, 15) is 9.59 Å². The smallest absolute Gasteiger partial charge is 0.369 e. The van der Waals surface area contributed by atoms with Crippen molar-refractivity contribution in [3.8, 4) is 0 Å². The van der Waals surface area contributed by atoms with Gasteiger partial charge in [0.25, 0.3) is 0 Å². The van der Waals surface area contributed by atoms with E-state index in [2.05, 4.69) is 12.7 Å². The van der Waals surface area contributed by atoms with Gasteiger partial charge in [-0.2, -0.15) is 0 Å². The first-order valence-corrected chi connectivity index (χ1v) is 9.84. The van der Waals surface area contributed by atoms with E-state index in [4.69, 9.17) is 9.47 Å². The highest BCUT2D eigenvalue weighted by Gasteiger charge is 2.34. The Morgan fingerprint density at radius 3 is 2.19 bits per heavy atom. The Labute approximate surface area is 157 Å². The van der Waals surface area contributed by atoms with Crippen molar-refractivity contribution in [2.24, 2.45) is 0 Å². The SMILES string of the molecule is CCCCCCCCCC(=O)OC(c1ccccc1)C([NH3+])C(=O)OCC. The zero-order valence-electron chi connectivity index (χ0n) is 16.2. The van der Waals surface area contributed by atoms with E-state index >= 15 is 0 Å². The van der Waals surface area contributed by atoms with E-state index in [1.165, 1.54) is 25.7 Å². The van der Waals surface area contributed by atoms with Crippen LogP contribution in [-0.4, -0.2) is 24.6 Å². The van der Waals surface area contributed by atoms with Crippen LogP contribution in [0.2, 0.25) is 0 Å². The van der Waals surface area contributed by atoms with Gasteiger partial charge in [-0.3, -0.25) is 4.79 Å². The molecule has 146 valence electrons. The van der Waals surface area contributed by atoms with Crippen molar-refractivity contribution in [1.29, 1.82) is 0 Å². The van der Waals surface area contributed by atoms with Gasteiger partial charge in [0.2, 0.25) is 6.04 Å². The van der Waals surface area contributed by atoms with Crippen LogP contribution in [-0.2, 0) is 19.1 Å². The number of carbonyl (C=O) groups excluding carboxylic acids is 2. The van der Waals surface area contributed by atoms with Gasteiger partial charge < -0.3 is 15.2 Å². The molecule has 0 saturated heterocycles. The summed E-state index contributed by atoms with van der Waals surface area (Å²) < 4.78 is 10.6. The Hall–Kier alpha value is -1.88. The van der Waals surface area contributed by atoms with Crippen LogP contribution in [0.1, 0.15) is 76.9 Å². The normalized spacial score (nSPS) is 13.0. The average Bonchev–Trinajstić information content (AvgIpc) is 2.65. The third-order valence-corrected chi connectivity index (χ3v) is 4.33. The molecule has 1 aromatic carbocycles. The highest BCUT2D eigenvalue weighted by atomic mass is 16.6. The predicted molar refractivity (Wildman–Crippen MR) is 101 cm³/mol. The molecule has 0 aliphatic rings. The van der Waals surface area contributed by atoms with Crippen molar-refractivity contribution in [1.82, 2.24) is 0 Å². The second-order valence-electron chi connectivity index (χ2n) is 6.55. The van der Waals surface area contributed by atoms with Gasteiger partial charge in [0.1, 0.15) is 0 Å². The Balaban J connectivity index is 2.52. The van der Waals surface area contributed by atoms with E-state index in [1.54, 1.807) is 6.92 Å². The number of hydrogen-bond donors (Lipinski definition) is 1. The summed E-state index contributed by atoms with van der Waals surface area (Å²) in [5.74, 6) is -0.740. The number of quaternary nitrogens is 1. The molecule has 0 radical (unpaired) electrons. The molecule has 0 aliphatic heterocycles. The van der Waals surface area contributed by atoms with Crippen LogP contribution in [0, 0.1) is 0 Å². The summed E-state index contributed by atoms with van der Waals surface area (Å²) in [7, 11) is 0. The summed E-state index contributed by atoms with van der Waals surface area (Å²) in [5, 5.41) is 0. The zero-order chi connectivity index (χ0) is 19.2. The lowest BCUT2D eigenvalue weighted by Crippen LogP contribution is -2.68. The molecule has 0 fully saturated rings. The third kappa shape index (κ3) is 8.48. The topological polar surface area (TPSA) is 80.2 Å². The summed E-state index contributed by atoms with van der Waals surface area (Å²) in [5.41, 5.74) is 4.63. The molecule has 0 heterocycles. The molecule has 1 rings (SSSR count). The molecule has 5 heteroatoms. The number of carbonyl (C=O) groups is 2. The van der Waals surface area contributed by atoms with Crippen molar-refractivity contribution < 1.29 is 24.8 Å². The maximum absolute atomic E-state index is 12.2. The first-order valence-electron chi connectivity index (χ1n) is 9.84. The first kappa shape index (κ1) is 22.2. The second kappa shape index (κ2) is 13.3. The van der Waals surface area contributed by atoms with Gasteiger partial charge in [-0.05, 0) is 18.9 Å². The van der Waals surface area contributed by atoms with Gasteiger partial charge in [0.05, 0.1) is 6.61 Å². The molecule has 0 amide bonds. The lowest BCUT2D eigenvalue weighted by atomic mass is 10.0. The average molecular weight is 365 g/mol. The number of benzene rings is 1. The van der Waals surface area contributed by atoms with Crippen molar-refractivity contribution >= 4 is 11.9 Å². The lowest BCUT2D eigenvalue weighted by molar-refractivity contribution is -0.426. The fraction of sp³-hybridized carbons (Fsp3) is 0.619. The molecule has 5 nitrogen and oxygen atoms in total. The highest BCUT2D eigenvalue weighted by Crippen LogP contribution is 2.21. The van der Waals surface area contributed by atoms with E-state index in [1.807, 2.05) is 30.3 Å². The van der Waals surface area contributed by atoms with Crippen LogP contribution in [0.4, 0.5) is 0 Å². The van der Waals surface area contributed by atoms with Gasteiger partial charge >= 0.3 is 11.9 Å². The largest absolute Gasteiger partial charge is 0.461 e. The molecular weight excluding hydrogens is 330 g/mol. The van der Waals surface area contributed by atoms with Crippen molar-refractivity contribution in [3.05, 3.63) is 35.9 Å². The van der Waals surface area contributed by atoms with Gasteiger partial charge in [-0.1, -0.05) is 75.8 Å². The maximum Gasteiger partial charge on any atom is 0.369 e. The molecule has 0 bridgehead atoms. The van der Waals surface area contributed by atoms with Crippen molar-refractivity contribution in [3.63, 3.8) is 0 Å². The molecule has 0 saturated carbocycles. The number of hydrogen-bond acceptors (Lipinski definition) is 4. The number of rotatable bonds is 13. The Kier molecular flexibility index (Phi) is 11.4. The minimum Gasteiger partial charge on any atom is -0.461 e. The molecule has 0 aromatic heterocycles. The molecule has 3 N–H and O–H groups in total. The first-order chi connectivity index (χ1) is 12.6. The van der Waals surface area contributed by atoms with E-state index in [0.29, 0.717) is 6.42 Å². The van der Waals surface area contributed by atoms with Crippen LogP contribution in [0.3, 0.4) is 0 Å². The maximum atomic E-state index is 12.2. The van der Waals surface area contributed by atoms with Crippen LogP contribution in [0.25, 0.3) is 0 Å². The molecule has 2 atom stereocenters. The molecule has 0 spiro atoms. The van der Waals surface area contributed by atoms with Crippen LogP contribution in [0.5, 0.6) is 0 Å². The summed E-state index contributed by atoms with van der Waals surface area (Å²) >= 11 is 0. The van der Waals surface area contributed by atoms with Gasteiger partial charge in [0.15, 0.2) is 6.10 Å². The molecule has 1 aromatic rings. The van der Waals surface area contributed by atoms with Crippen LogP contribution in [0.15, 0.2) is 30.3 Å². The van der Waals surface area contributed by atoms with Crippen molar-refractivity contribution in [2.75, 3.05) is 6.61 Å². The molecule has 26 heavy (non-hydrogen) atoms. The predicted octanol–water partition coefficient (Wildman–Crippen LogP) is 3.59. The van der Waals surface area contributed by atoms with E-state index < -0.39 is 18.1 Å². The fourth-order valence-corrected chi connectivity index (χ4v) is 2.83.